The molecule has 114 valence electrons. The molecule has 0 unspecified atom stereocenters. The molecule has 0 saturated carbocycles. The maximum Gasteiger partial charge on any atom is 0.0366 e. The first-order valence-corrected chi connectivity index (χ1v) is 8.86. The van der Waals surface area contributed by atoms with Gasteiger partial charge in [-0.25, -0.2) is 0 Å². The first kappa shape index (κ1) is 16.1. The van der Waals surface area contributed by atoms with Crippen LogP contribution < -0.4 is 10.2 Å². The van der Waals surface area contributed by atoms with Crippen molar-refractivity contribution in [1.82, 2.24) is 5.32 Å². The Morgan fingerprint density at radius 1 is 1.05 bits per heavy atom. The van der Waals surface area contributed by atoms with E-state index < -0.39 is 0 Å². The number of rotatable bonds is 10. The summed E-state index contributed by atoms with van der Waals surface area (Å²) in [6.45, 7) is 6.58. The van der Waals surface area contributed by atoms with Gasteiger partial charge in [0.15, 0.2) is 0 Å². The summed E-state index contributed by atoms with van der Waals surface area (Å²) in [5.41, 5.74) is 2.78. The Kier molecular flexibility index (Phi) is 7.33. The van der Waals surface area contributed by atoms with E-state index in [2.05, 4.69) is 64.3 Å². The highest BCUT2D eigenvalue weighted by atomic mass is 32.1. The van der Waals surface area contributed by atoms with E-state index in [-0.39, 0.29) is 0 Å². The number of thiophene rings is 1. The minimum absolute atomic E-state index is 1.04. The predicted octanol–water partition coefficient (Wildman–Crippen LogP) is 4.19. The van der Waals surface area contributed by atoms with E-state index in [0.717, 1.165) is 32.6 Å². The highest BCUT2D eigenvalue weighted by Crippen LogP contribution is 2.13. The summed E-state index contributed by atoms with van der Waals surface area (Å²) < 4.78 is 0. The Hall–Kier alpha value is -1.32. The van der Waals surface area contributed by atoms with Crippen molar-refractivity contribution in [2.75, 3.05) is 31.1 Å². The maximum absolute atomic E-state index is 3.56. The third-order valence-corrected chi connectivity index (χ3v) is 4.36. The smallest absolute Gasteiger partial charge is 0.0366 e. The average Bonchev–Trinajstić information content (AvgIpc) is 3.04. The molecule has 1 N–H and O–H groups in total. The number of para-hydroxylation sites is 1. The van der Waals surface area contributed by atoms with Crippen LogP contribution in [-0.2, 0) is 6.42 Å². The molecule has 0 bridgehead atoms. The molecular weight excluding hydrogens is 276 g/mol. The Bertz CT molecular complexity index is 467. The van der Waals surface area contributed by atoms with Gasteiger partial charge in [-0.1, -0.05) is 31.5 Å². The van der Waals surface area contributed by atoms with E-state index in [4.69, 9.17) is 0 Å². The Morgan fingerprint density at radius 3 is 2.62 bits per heavy atom. The van der Waals surface area contributed by atoms with Gasteiger partial charge in [-0.05, 0) is 53.9 Å². The standard InChI is InChI=1S/C18H26N2S/c1-2-3-13-20(18-7-5-4-6-8-18)14-12-19-11-9-17-10-15-21-16-17/h4-8,10,15-16,19H,2-3,9,11-14H2,1H3. The van der Waals surface area contributed by atoms with E-state index in [1.165, 1.54) is 24.1 Å². The van der Waals surface area contributed by atoms with Gasteiger partial charge in [0.2, 0.25) is 0 Å². The fourth-order valence-electron chi connectivity index (χ4n) is 2.36. The molecule has 0 aliphatic carbocycles. The Morgan fingerprint density at radius 2 is 1.90 bits per heavy atom. The number of hydrogen-bond acceptors (Lipinski definition) is 3. The second kappa shape index (κ2) is 9.59. The average molecular weight is 302 g/mol. The van der Waals surface area contributed by atoms with Crippen LogP contribution in [0.3, 0.4) is 0 Å². The predicted molar refractivity (Wildman–Crippen MR) is 94.5 cm³/mol. The van der Waals surface area contributed by atoms with Crippen LogP contribution in [0.1, 0.15) is 25.3 Å². The molecule has 1 heterocycles. The minimum atomic E-state index is 1.04. The van der Waals surface area contributed by atoms with Crippen molar-refractivity contribution in [2.24, 2.45) is 0 Å². The molecule has 2 rings (SSSR count). The summed E-state index contributed by atoms with van der Waals surface area (Å²) in [6, 6.07) is 13.0. The molecule has 21 heavy (non-hydrogen) atoms. The number of benzene rings is 1. The lowest BCUT2D eigenvalue weighted by Crippen LogP contribution is -2.33. The van der Waals surface area contributed by atoms with Crippen molar-refractivity contribution in [2.45, 2.75) is 26.2 Å². The zero-order chi connectivity index (χ0) is 14.8. The van der Waals surface area contributed by atoms with Crippen molar-refractivity contribution in [3.63, 3.8) is 0 Å². The molecule has 0 spiro atoms. The van der Waals surface area contributed by atoms with Crippen molar-refractivity contribution in [3.8, 4) is 0 Å². The molecule has 0 fully saturated rings. The van der Waals surface area contributed by atoms with Crippen LogP contribution in [-0.4, -0.2) is 26.2 Å². The van der Waals surface area contributed by atoms with E-state index in [1.807, 2.05) is 0 Å². The summed E-state index contributed by atoms with van der Waals surface area (Å²) in [7, 11) is 0. The van der Waals surface area contributed by atoms with Gasteiger partial charge in [0.05, 0.1) is 0 Å². The van der Waals surface area contributed by atoms with Gasteiger partial charge in [-0.2, -0.15) is 11.3 Å². The first-order chi connectivity index (χ1) is 10.4. The number of anilines is 1. The molecule has 3 heteroatoms. The summed E-state index contributed by atoms with van der Waals surface area (Å²) in [5.74, 6) is 0. The van der Waals surface area contributed by atoms with Crippen LogP contribution in [0.25, 0.3) is 0 Å². The van der Waals surface area contributed by atoms with Crippen LogP contribution in [0.15, 0.2) is 47.2 Å². The van der Waals surface area contributed by atoms with E-state index >= 15 is 0 Å². The molecule has 1 aromatic heterocycles. The van der Waals surface area contributed by atoms with Gasteiger partial charge in [0.25, 0.3) is 0 Å². The second-order valence-electron chi connectivity index (χ2n) is 5.31. The third kappa shape index (κ3) is 5.90. The van der Waals surface area contributed by atoms with Crippen LogP contribution in [0.5, 0.6) is 0 Å². The lowest BCUT2D eigenvalue weighted by Gasteiger charge is -2.25. The highest BCUT2D eigenvalue weighted by molar-refractivity contribution is 7.07. The number of hydrogen-bond donors (Lipinski definition) is 1. The summed E-state index contributed by atoms with van der Waals surface area (Å²) in [6.07, 6.45) is 3.63. The van der Waals surface area contributed by atoms with Crippen LogP contribution in [0, 0.1) is 0 Å². The van der Waals surface area contributed by atoms with E-state index in [0.29, 0.717) is 0 Å². The first-order valence-electron chi connectivity index (χ1n) is 7.92. The minimum Gasteiger partial charge on any atom is -0.370 e. The van der Waals surface area contributed by atoms with Gasteiger partial charge in [0, 0.05) is 25.3 Å². The monoisotopic (exact) mass is 302 g/mol. The largest absolute Gasteiger partial charge is 0.370 e. The van der Waals surface area contributed by atoms with Gasteiger partial charge < -0.3 is 10.2 Å². The van der Waals surface area contributed by atoms with Crippen LogP contribution in [0.2, 0.25) is 0 Å². The molecular formula is C18H26N2S. The fraction of sp³-hybridized carbons (Fsp3) is 0.444. The summed E-state index contributed by atoms with van der Waals surface area (Å²) in [4.78, 5) is 2.49. The van der Waals surface area contributed by atoms with Gasteiger partial charge >= 0.3 is 0 Å². The van der Waals surface area contributed by atoms with Crippen LogP contribution >= 0.6 is 11.3 Å². The molecule has 0 amide bonds. The summed E-state index contributed by atoms with van der Waals surface area (Å²) in [5, 5.41) is 7.95. The molecule has 0 aliphatic rings. The van der Waals surface area contributed by atoms with Gasteiger partial charge in [-0.3, -0.25) is 0 Å². The Balaban J connectivity index is 1.71. The highest BCUT2D eigenvalue weighted by Gasteiger charge is 2.04. The van der Waals surface area contributed by atoms with E-state index in [9.17, 15) is 0 Å². The third-order valence-electron chi connectivity index (χ3n) is 3.63. The quantitative estimate of drug-likeness (QED) is 0.662. The fourth-order valence-corrected chi connectivity index (χ4v) is 3.07. The normalized spacial score (nSPS) is 10.7. The zero-order valence-corrected chi connectivity index (χ0v) is 13.7. The van der Waals surface area contributed by atoms with Crippen molar-refractivity contribution in [3.05, 3.63) is 52.7 Å². The van der Waals surface area contributed by atoms with Crippen molar-refractivity contribution >= 4 is 17.0 Å². The number of unbranched alkanes of at least 4 members (excludes halogenated alkanes) is 1. The summed E-state index contributed by atoms with van der Waals surface area (Å²) >= 11 is 1.78. The zero-order valence-electron chi connectivity index (χ0n) is 12.9. The Labute approximate surface area is 132 Å². The molecule has 1 aromatic carbocycles. The topological polar surface area (TPSA) is 15.3 Å². The SMILES string of the molecule is CCCCN(CCNCCc1ccsc1)c1ccccc1. The molecule has 2 nitrogen and oxygen atoms in total. The maximum atomic E-state index is 3.56. The van der Waals surface area contributed by atoms with Crippen molar-refractivity contribution < 1.29 is 0 Å². The lowest BCUT2D eigenvalue weighted by atomic mass is 10.2. The van der Waals surface area contributed by atoms with Crippen LogP contribution in [0.4, 0.5) is 5.69 Å². The molecule has 0 radical (unpaired) electrons. The second-order valence-corrected chi connectivity index (χ2v) is 6.09. The van der Waals surface area contributed by atoms with Crippen molar-refractivity contribution in [1.29, 1.82) is 0 Å². The van der Waals surface area contributed by atoms with Gasteiger partial charge in [-0.15, -0.1) is 0 Å². The molecule has 0 aliphatic heterocycles. The van der Waals surface area contributed by atoms with Gasteiger partial charge in [0.1, 0.15) is 0 Å². The number of nitrogens with zero attached hydrogens (tertiary/aromatic N) is 1. The molecule has 2 aromatic rings. The molecule has 0 saturated heterocycles. The van der Waals surface area contributed by atoms with E-state index in [1.54, 1.807) is 11.3 Å². The molecule has 0 atom stereocenters. The lowest BCUT2D eigenvalue weighted by molar-refractivity contribution is 0.642. The number of nitrogens with one attached hydrogen (secondary N) is 1.